The van der Waals surface area contributed by atoms with Gasteiger partial charge in [0.15, 0.2) is 12.0 Å². The Labute approximate surface area is 171 Å². The van der Waals surface area contributed by atoms with Gasteiger partial charge in [-0.25, -0.2) is 4.98 Å². The van der Waals surface area contributed by atoms with Crippen LogP contribution in [0.2, 0.25) is 0 Å². The molecule has 1 amide bonds. The number of Topliss-reactive ketones (excluding diaryl/α,β-unsaturated/α-hetero) is 2. The van der Waals surface area contributed by atoms with E-state index < -0.39 is 23.7 Å². The van der Waals surface area contributed by atoms with Crippen LogP contribution in [0.5, 0.6) is 0 Å². The number of benzene rings is 1. The highest BCUT2D eigenvalue weighted by Crippen LogP contribution is 2.36. The molecule has 1 aliphatic heterocycles. The van der Waals surface area contributed by atoms with Crippen molar-refractivity contribution in [1.82, 2.24) is 4.90 Å². The van der Waals surface area contributed by atoms with Crippen molar-refractivity contribution in [2.75, 3.05) is 26.2 Å². The predicted molar refractivity (Wildman–Crippen MR) is 108 cm³/mol. The topological polar surface area (TPSA) is 73.0 Å². The quantitative estimate of drug-likeness (QED) is 0.387. The number of ketones is 2. The average molecular weight is 396 g/mol. The summed E-state index contributed by atoms with van der Waals surface area (Å²) in [5.74, 6) is -2.50. The molecule has 152 valence electrons. The van der Waals surface area contributed by atoms with E-state index in [4.69, 9.17) is 0 Å². The first-order valence-electron chi connectivity index (χ1n) is 10.3. The second kappa shape index (κ2) is 9.56. The van der Waals surface area contributed by atoms with Gasteiger partial charge in [0.2, 0.25) is 11.5 Å². The fourth-order valence-corrected chi connectivity index (χ4v) is 4.05. The molecule has 1 fully saturated rings. The van der Waals surface area contributed by atoms with Gasteiger partial charge in [-0.3, -0.25) is 14.4 Å². The number of aromatic nitrogens is 1. The SMILES string of the molecule is CC[NH+](CC)CCCN1C(=O)C(=O)C(C(=O)c2ccccc2)C1c1cccc[nH+]1. The van der Waals surface area contributed by atoms with E-state index in [1.165, 1.54) is 4.90 Å². The van der Waals surface area contributed by atoms with Crippen LogP contribution in [-0.4, -0.2) is 48.6 Å². The van der Waals surface area contributed by atoms with Gasteiger partial charge >= 0.3 is 0 Å². The molecule has 0 saturated carbocycles. The number of pyridine rings is 1. The van der Waals surface area contributed by atoms with Crippen LogP contribution < -0.4 is 9.88 Å². The molecule has 29 heavy (non-hydrogen) atoms. The lowest BCUT2D eigenvalue weighted by molar-refractivity contribution is -0.896. The van der Waals surface area contributed by atoms with Crippen LogP contribution >= 0.6 is 0 Å². The molecule has 2 atom stereocenters. The lowest BCUT2D eigenvalue weighted by atomic mass is 9.88. The summed E-state index contributed by atoms with van der Waals surface area (Å²) in [6.07, 6.45) is 2.54. The van der Waals surface area contributed by atoms with E-state index in [-0.39, 0.29) is 5.78 Å². The average Bonchev–Trinajstić information content (AvgIpc) is 3.02. The molecule has 3 rings (SSSR count). The number of quaternary nitrogens is 1. The van der Waals surface area contributed by atoms with E-state index >= 15 is 0 Å². The summed E-state index contributed by atoms with van der Waals surface area (Å²) in [6, 6.07) is 13.7. The van der Waals surface area contributed by atoms with Gasteiger partial charge in [-0.05, 0) is 13.8 Å². The van der Waals surface area contributed by atoms with Crippen molar-refractivity contribution in [3.05, 3.63) is 66.0 Å². The second-order valence-electron chi connectivity index (χ2n) is 7.39. The maximum Gasteiger partial charge on any atom is 0.291 e. The summed E-state index contributed by atoms with van der Waals surface area (Å²) in [5.41, 5.74) is 1.16. The van der Waals surface area contributed by atoms with Crippen LogP contribution in [0.15, 0.2) is 54.7 Å². The number of nitrogens with one attached hydrogen (secondary N) is 2. The van der Waals surface area contributed by atoms with Crippen molar-refractivity contribution >= 4 is 17.5 Å². The van der Waals surface area contributed by atoms with Gasteiger partial charge in [0.25, 0.3) is 5.91 Å². The minimum Gasteiger partial charge on any atom is -0.335 e. The Hall–Kier alpha value is -2.86. The fraction of sp³-hybridized carbons (Fsp3) is 0.391. The molecule has 6 heteroatoms. The molecule has 0 aliphatic carbocycles. The molecular formula is C23H29N3O3+2. The van der Waals surface area contributed by atoms with Gasteiger partial charge in [0.1, 0.15) is 12.0 Å². The maximum atomic E-state index is 13.2. The number of carbonyl (C=O) groups is 3. The van der Waals surface area contributed by atoms with Crippen LogP contribution in [-0.2, 0) is 9.59 Å². The normalized spacial score (nSPS) is 19.2. The summed E-state index contributed by atoms with van der Waals surface area (Å²) in [7, 11) is 0. The van der Waals surface area contributed by atoms with Gasteiger partial charge in [0.05, 0.1) is 19.6 Å². The Kier molecular flexibility index (Phi) is 6.88. The monoisotopic (exact) mass is 395 g/mol. The standard InChI is InChI=1S/C23H27N3O3/c1-3-25(4-2)15-10-16-26-20(18-13-8-9-14-24-18)19(22(28)23(26)29)21(27)17-11-6-5-7-12-17/h5-9,11-14,19-20H,3-4,10,15-16H2,1-2H3/p+2. The largest absolute Gasteiger partial charge is 0.335 e. The third kappa shape index (κ3) is 4.43. The van der Waals surface area contributed by atoms with Gasteiger partial charge in [0, 0.05) is 30.7 Å². The Balaban J connectivity index is 1.90. The molecule has 0 bridgehead atoms. The highest BCUT2D eigenvalue weighted by atomic mass is 16.2. The van der Waals surface area contributed by atoms with Crippen LogP contribution in [0.3, 0.4) is 0 Å². The van der Waals surface area contributed by atoms with Gasteiger partial charge < -0.3 is 9.80 Å². The highest BCUT2D eigenvalue weighted by Gasteiger charge is 2.53. The Morgan fingerprint density at radius 2 is 1.72 bits per heavy atom. The number of amides is 1. The van der Waals surface area contributed by atoms with Crippen molar-refractivity contribution in [1.29, 1.82) is 0 Å². The summed E-state index contributed by atoms with van der Waals surface area (Å²) < 4.78 is 0. The predicted octanol–water partition coefficient (Wildman–Crippen LogP) is 0.767. The van der Waals surface area contributed by atoms with Crippen molar-refractivity contribution in [2.24, 2.45) is 5.92 Å². The molecule has 2 unspecified atom stereocenters. The number of H-pyrrole nitrogens is 1. The van der Waals surface area contributed by atoms with Crippen molar-refractivity contribution in [2.45, 2.75) is 26.3 Å². The third-order valence-corrected chi connectivity index (χ3v) is 5.73. The molecule has 0 radical (unpaired) electrons. The van der Waals surface area contributed by atoms with Crippen LogP contribution in [0.25, 0.3) is 0 Å². The summed E-state index contributed by atoms with van der Waals surface area (Å²) >= 11 is 0. The Morgan fingerprint density at radius 1 is 1.03 bits per heavy atom. The molecule has 2 heterocycles. The first kappa shape index (κ1) is 20.9. The first-order chi connectivity index (χ1) is 14.1. The van der Waals surface area contributed by atoms with E-state index in [9.17, 15) is 14.4 Å². The molecule has 0 spiro atoms. The second-order valence-corrected chi connectivity index (χ2v) is 7.39. The summed E-state index contributed by atoms with van der Waals surface area (Å²) in [5, 5.41) is 0. The van der Waals surface area contributed by atoms with Crippen molar-refractivity contribution < 1.29 is 24.3 Å². The number of aromatic amines is 1. The van der Waals surface area contributed by atoms with Crippen molar-refractivity contribution in [3.8, 4) is 0 Å². The summed E-state index contributed by atoms with van der Waals surface area (Å²) in [6.45, 7) is 7.70. The number of hydrogen-bond donors (Lipinski definition) is 1. The van der Waals surface area contributed by atoms with E-state index in [1.54, 1.807) is 35.4 Å². The first-order valence-corrected chi connectivity index (χ1v) is 10.3. The van der Waals surface area contributed by atoms with E-state index in [0.717, 1.165) is 26.1 Å². The molecule has 1 aliphatic rings. The number of hydrogen-bond acceptors (Lipinski definition) is 3. The van der Waals surface area contributed by atoms with Gasteiger partial charge in [-0.15, -0.1) is 0 Å². The van der Waals surface area contributed by atoms with Crippen LogP contribution in [0.1, 0.15) is 42.4 Å². The fourth-order valence-electron chi connectivity index (χ4n) is 4.05. The Bertz CT molecular complexity index is 850. The maximum absolute atomic E-state index is 13.2. The van der Waals surface area contributed by atoms with Crippen molar-refractivity contribution in [3.63, 3.8) is 0 Å². The smallest absolute Gasteiger partial charge is 0.291 e. The molecule has 2 aromatic rings. The number of rotatable bonds is 9. The van der Waals surface area contributed by atoms with Crippen LogP contribution in [0, 0.1) is 5.92 Å². The number of likely N-dealkylation sites (tertiary alicyclic amines) is 1. The minimum atomic E-state index is -1.02. The molecule has 1 aromatic carbocycles. The molecule has 1 saturated heterocycles. The summed E-state index contributed by atoms with van der Waals surface area (Å²) in [4.78, 5) is 45.1. The Morgan fingerprint density at radius 3 is 2.34 bits per heavy atom. The lowest BCUT2D eigenvalue weighted by Crippen LogP contribution is -3.11. The van der Waals surface area contributed by atoms with E-state index in [0.29, 0.717) is 17.8 Å². The zero-order chi connectivity index (χ0) is 20.8. The minimum absolute atomic E-state index is 0.303. The zero-order valence-electron chi connectivity index (χ0n) is 17.1. The lowest BCUT2D eigenvalue weighted by Gasteiger charge is -2.24. The zero-order valence-corrected chi connectivity index (χ0v) is 17.1. The molecule has 6 nitrogen and oxygen atoms in total. The molecule has 1 aromatic heterocycles. The molecule has 2 N–H and O–H groups in total. The highest BCUT2D eigenvalue weighted by molar-refractivity contribution is 6.43. The van der Waals surface area contributed by atoms with Gasteiger partial charge in [-0.1, -0.05) is 36.4 Å². The van der Waals surface area contributed by atoms with Crippen LogP contribution in [0.4, 0.5) is 0 Å². The van der Waals surface area contributed by atoms with Gasteiger partial charge in [-0.2, -0.15) is 0 Å². The van der Waals surface area contributed by atoms with E-state index in [2.05, 4.69) is 18.8 Å². The number of nitrogens with zero attached hydrogens (tertiary/aromatic N) is 1. The van der Waals surface area contributed by atoms with E-state index in [1.807, 2.05) is 24.3 Å². The molecular weight excluding hydrogens is 366 g/mol. The third-order valence-electron chi connectivity index (χ3n) is 5.73. The number of carbonyl (C=O) groups excluding carboxylic acids is 3.